The van der Waals surface area contributed by atoms with Gasteiger partial charge < -0.3 is 22.1 Å². The molecule has 2 aromatic rings. The lowest BCUT2D eigenvalue weighted by molar-refractivity contribution is -0.115. The molecular formula is C15H18N4O. The van der Waals surface area contributed by atoms with Crippen LogP contribution < -0.4 is 22.1 Å². The number of nitrogen functional groups attached to an aromatic ring is 2. The summed E-state index contributed by atoms with van der Waals surface area (Å²) in [5.41, 5.74) is 15.2. The van der Waals surface area contributed by atoms with E-state index in [9.17, 15) is 4.79 Å². The van der Waals surface area contributed by atoms with Crippen molar-refractivity contribution in [2.24, 2.45) is 0 Å². The molecule has 2 rings (SSSR count). The summed E-state index contributed by atoms with van der Waals surface area (Å²) in [5.74, 6) is -0.00603. The Morgan fingerprint density at radius 2 is 1.70 bits per heavy atom. The van der Waals surface area contributed by atoms with Gasteiger partial charge in [-0.05, 0) is 42.5 Å². The normalized spacial score (nSPS) is 10.1. The van der Waals surface area contributed by atoms with Crippen molar-refractivity contribution in [1.29, 1.82) is 0 Å². The van der Waals surface area contributed by atoms with Gasteiger partial charge in [-0.25, -0.2) is 0 Å². The van der Waals surface area contributed by atoms with Crippen LogP contribution in [0.3, 0.4) is 0 Å². The first-order valence-electron chi connectivity index (χ1n) is 6.40. The monoisotopic (exact) mass is 270 g/mol. The Morgan fingerprint density at radius 3 is 2.30 bits per heavy atom. The van der Waals surface area contributed by atoms with E-state index in [2.05, 4.69) is 10.6 Å². The summed E-state index contributed by atoms with van der Waals surface area (Å²) in [7, 11) is 0. The predicted molar refractivity (Wildman–Crippen MR) is 83.9 cm³/mol. The van der Waals surface area contributed by atoms with Crippen LogP contribution in [0.2, 0.25) is 0 Å². The molecule has 5 nitrogen and oxygen atoms in total. The van der Waals surface area contributed by atoms with Crippen molar-refractivity contribution in [2.45, 2.75) is 13.3 Å². The minimum Gasteiger partial charge on any atom is -0.399 e. The fourth-order valence-corrected chi connectivity index (χ4v) is 1.74. The molecule has 104 valence electrons. The van der Waals surface area contributed by atoms with Crippen LogP contribution >= 0.6 is 0 Å². The van der Waals surface area contributed by atoms with E-state index in [-0.39, 0.29) is 5.91 Å². The molecule has 0 saturated carbocycles. The highest BCUT2D eigenvalue weighted by Gasteiger charge is 2.02. The molecule has 6 N–H and O–H groups in total. The Bertz CT molecular complexity index is 608. The third-order valence-electron chi connectivity index (χ3n) is 2.84. The fraction of sp³-hybridized carbons (Fsp3) is 0.133. The number of hydrogen-bond acceptors (Lipinski definition) is 4. The molecule has 5 heteroatoms. The molecule has 0 bridgehead atoms. The van der Waals surface area contributed by atoms with Crippen LogP contribution in [0.15, 0.2) is 42.5 Å². The van der Waals surface area contributed by atoms with Crippen LogP contribution in [0.1, 0.15) is 13.3 Å². The maximum absolute atomic E-state index is 11.3. The molecule has 0 unspecified atom stereocenters. The summed E-state index contributed by atoms with van der Waals surface area (Å²) in [5, 5.41) is 5.99. The van der Waals surface area contributed by atoms with E-state index >= 15 is 0 Å². The summed E-state index contributed by atoms with van der Waals surface area (Å²) >= 11 is 0. The molecule has 0 aliphatic heterocycles. The molecule has 0 heterocycles. The van der Waals surface area contributed by atoms with Crippen molar-refractivity contribution < 1.29 is 4.79 Å². The van der Waals surface area contributed by atoms with Gasteiger partial charge in [0.15, 0.2) is 0 Å². The molecular weight excluding hydrogens is 252 g/mol. The second kappa shape index (κ2) is 5.97. The molecule has 0 aliphatic rings. The predicted octanol–water partition coefficient (Wildman–Crippen LogP) is 2.94. The van der Waals surface area contributed by atoms with Gasteiger partial charge in [0.1, 0.15) is 0 Å². The molecule has 0 fully saturated rings. The lowest BCUT2D eigenvalue weighted by Crippen LogP contribution is -2.09. The van der Waals surface area contributed by atoms with Gasteiger partial charge in [-0.2, -0.15) is 0 Å². The SMILES string of the molecule is CCC(=O)Nc1ccc(Nc2ccc(N)cc2N)cc1. The van der Waals surface area contributed by atoms with Crippen molar-refractivity contribution in [1.82, 2.24) is 0 Å². The van der Waals surface area contributed by atoms with Gasteiger partial charge in [0, 0.05) is 23.5 Å². The van der Waals surface area contributed by atoms with Gasteiger partial charge in [-0.1, -0.05) is 6.92 Å². The second-order valence-electron chi connectivity index (χ2n) is 4.45. The van der Waals surface area contributed by atoms with Crippen molar-refractivity contribution in [3.8, 4) is 0 Å². The van der Waals surface area contributed by atoms with E-state index in [0.717, 1.165) is 17.1 Å². The highest BCUT2D eigenvalue weighted by molar-refractivity contribution is 5.90. The van der Waals surface area contributed by atoms with E-state index < -0.39 is 0 Å². The summed E-state index contributed by atoms with van der Waals surface area (Å²) in [6.07, 6.45) is 0.460. The molecule has 0 aromatic heterocycles. The number of benzene rings is 2. The topological polar surface area (TPSA) is 93.2 Å². The highest BCUT2D eigenvalue weighted by Crippen LogP contribution is 2.25. The lowest BCUT2D eigenvalue weighted by atomic mass is 10.2. The van der Waals surface area contributed by atoms with Crippen molar-refractivity contribution in [3.63, 3.8) is 0 Å². The van der Waals surface area contributed by atoms with Gasteiger partial charge in [-0.3, -0.25) is 4.79 Å². The summed E-state index contributed by atoms with van der Waals surface area (Å²) in [6, 6.07) is 12.7. The van der Waals surface area contributed by atoms with Gasteiger partial charge >= 0.3 is 0 Å². The number of rotatable bonds is 4. The first-order chi connectivity index (χ1) is 9.58. The maximum Gasteiger partial charge on any atom is 0.224 e. The van der Waals surface area contributed by atoms with E-state index in [4.69, 9.17) is 11.5 Å². The molecule has 1 amide bonds. The second-order valence-corrected chi connectivity index (χ2v) is 4.45. The molecule has 0 atom stereocenters. The number of nitrogens with two attached hydrogens (primary N) is 2. The standard InChI is InChI=1S/C15H18N4O/c1-2-15(20)19-12-6-4-11(5-7-12)18-14-8-3-10(16)9-13(14)17/h3-9,18H,2,16-17H2,1H3,(H,19,20). The number of anilines is 5. The van der Waals surface area contributed by atoms with E-state index in [1.54, 1.807) is 12.1 Å². The van der Waals surface area contributed by atoms with Crippen LogP contribution in [0.4, 0.5) is 28.4 Å². The quantitative estimate of drug-likeness (QED) is 0.643. The fourth-order valence-electron chi connectivity index (χ4n) is 1.74. The average Bonchev–Trinajstić information content (AvgIpc) is 2.44. The lowest BCUT2D eigenvalue weighted by Gasteiger charge is -2.11. The molecule has 0 radical (unpaired) electrons. The zero-order chi connectivity index (χ0) is 14.5. The number of carbonyl (C=O) groups excluding carboxylic acids is 1. The molecule has 0 aliphatic carbocycles. The van der Waals surface area contributed by atoms with Crippen LogP contribution in [-0.2, 0) is 4.79 Å². The smallest absolute Gasteiger partial charge is 0.224 e. The third kappa shape index (κ3) is 3.41. The summed E-state index contributed by atoms with van der Waals surface area (Å²) < 4.78 is 0. The minimum atomic E-state index is -0.00603. The van der Waals surface area contributed by atoms with Crippen molar-refractivity contribution in [3.05, 3.63) is 42.5 Å². The zero-order valence-corrected chi connectivity index (χ0v) is 11.3. The number of nitrogens with one attached hydrogen (secondary N) is 2. The van der Waals surface area contributed by atoms with Gasteiger partial charge in [-0.15, -0.1) is 0 Å². The van der Waals surface area contributed by atoms with Gasteiger partial charge in [0.05, 0.1) is 11.4 Å². The van der Waals surface area contributed by atoms with Crippen LogP contribution in [0, 0.1) is 0 Å². The Kier molecular flexibility index (Phi) is 4.10. The highest BCUT2D eigenvalue weighted by atomic mass is 16.1. The Labute approximate surface area is 118 Å². The molecule has 0 saturated heterocycles. The van der Waals surface area contributed by atoms with Gasteiger partial charge in [0.2, 0.25) is 5.91 Å². The largest absolute Gasteiger partial charge is 0.399 e. The first kappa shape index (κ1) is 13.7. The van der Waals surface area contributed by atoms with E-state index in [0.29, 0.717) is 17.8 Å². The average molecular weight is 270 g/mol. The maximum atomic E-state index is 11.3. The van der Waals surface area contributed by atoms with Crippen molar-refractivity contribution in [2.75, 3.05) is 22.1 Å². The van der Waals surface area contributed by atoms with Crippen LogP contribution in [0.5, 0.6) is 0 Å². The summed E-state index contributed by atoms with van der Waals surface area (Å²) in [4.78, 5) is 11.3. The molecule has 2 aromatic carbocycles. The Hall–Kier alpha value is -2.69. The Balaban J connectivity index is 2.08. The minimum absolute atomic E-state index is 0.00603. The first-order valence-corrected chi connectivity index (χ1v) is 6.40. The number of amides is 1. The number of carbonyl (C=O) groups is 1. The molecule has 20 heavy (non-hydrogen) atoms. The van der Waals surface area contributed by atoms with E-state index in [1.165, 1.54) is 0 Å². The zero-order valence-electron chi connectivity index (χ0n) is 11.3. The van der Waals surface area contributed by atoms with Crippen molar-refractivity contribution >= 4 is 34.3 Å². The number of hydrogen-bond donors (Lipinski definition) is 4. The third-order valence-corrected chi connectivity index (χ3v) is 2.84. The summed E-state index contributed by atoms with van der Waals surface area (Å²) in [6.45, 7) is 1.81. The Morgan fingerprint density at radius 1 is 1.05 bits per heavy atom. The van der Waals surface area contributed by atoms with Gasteiger partial charge in [0.25, 0.3) is 0 Å². The molecule has 0 spiro atoms. The van der Waals surface area contributed by atoms with Crippen LogP contribution in [0.25, 0.3) is 0 Å². The van der Waals surface area contributed by atoms with Crippen LogP contribution in [-0.4, -0.2) is 5.91 Å². The van der Waals surface area contributed by atoms with E-state index in [1.807, 2.05) is 37.3 Å².